The molecule has 0 aliphatic carbocycles. The first-order valence-electron chi connectivity index (χ1n) is 4.21. The Morgan fingerprint density at radius 1 is 1.38 bits per heavy atom. The molecule has 0 spiro atoms. The van der Waals surface area contributed by atoms with Crippen LogP contribution in [0.3, 0.4) is 0 Å². The van der Waals surface area contributed by atoms with E-state index in [1.54, 1.807) is 11.8 Å². The lowest BCUT2D eigenvalue weighted by Gasteiger charge is -2.22. The van der Waals surface area contributed by atoms with Gasteiger partial charge in [0, 0.05) is 0 Å². The van der Waals surface area contributed by atoms with E-state index in [0.717, 1.165) is 0 Å². The molecule has 1 aromatic rings. The summed E-state index contributed by atoms with van der Waals surface area (Å²) in [6, 6.07) is 10.3. The molecule has 1 saturated heterocycles. The molecule has 4 heteroatoms. The maximum atomic E-state index is 4.37. The highest BCUT2D eigenvalue weighted by Crippen LogP contribution is 2.31. The zero-order valence-corrected chi connectivity index (χ0v) is 9.06. The summed E-state index contributed by atoms with van der Waals surface area (Å²) in [4.78, 5) is 0. The average Bonchev–Trinajstić information content (AvgIpc) is 2.47. The number of hydrazine groups is 1. The van der Waals surface area contributed by atoms with Crippen LogP contribution in [0.5, 0.6) is 0 Å². The Morgan fingerprint density at radius 2 is 2.08 bits per heavy atom. The maximum Gasteiger partial charge on any atom is 0.116 e. The Bertz CT molecular complexity index is 278. The zero-order chi connectivity index (χ0) is 9.26. The molecule has 1 aromatic carbocycles. The minimum atomic E-state index is 0.204. The van der Waals surface area contributed by atoms with E-state index in [4.69, 9.17) is 0 Å². The molecule has 70 valence electrons. The highest BCUT2D eigenvalue weighted by atomic mass is 32.2. The third-order valence-electron chi connectivity index (χ3n) is 1.97. The molecule has 0 amide bonds. The van der Waals surface area contributed by atoms with Crippen molar-refractivity contribution in [1.29, 1.82) is 0 Å². The molecular formula is C9H12N2S2. The van der Waals surface area contributed by atoms with Crippen molar-refractivity contribution in [2.24, 2.45) is 0 Å². The first-order chi connectivity index (χ1) is 6.27. The molecule has 13 heavy (non-hydrogen) atoms. The normalized spacial score (nSPS) is 28.0. The second-order valence-corrected chi connectivity index (χ2v) is 5.21. The smallest absolute Gasteiger partial charge is 0.116 e. The Kier molecular flexibility index (Phi) is 2.71. The van der Waals surface area contributed by atoms with E-state index in [2.05, 4.69) is 42.1 Å². The molecule has 2 rings (SSSR count). The fraction of sp³-hybridized carbons (Fsp3) is 0.333. The van der Waals surface area contributed by atoms with Gasteiger partial charge in [0.05, 0.1) is 11.1 Å². The minimum absolute atomic E-state index is 0.204. The van der Waals surface area contributed by atoms with E-state index in [1.165, 1.54) is 5.69 Å². The summed E-state index contributed by atoms with van der Waals surface area (Å²) in [5, 5.41) is 2.58. The molecule has 1 aliphatic rings. The summed E-state index contributed by atoms with van der Waals surface area (Å²) >= 11 is 6.17. The van der Waals surface area contributed by atoms with Crippen molar-refractivity contribution in [3.05, 3.63) is 30.3 Å². The van der Waals surface area contributed by atoms with E-state index >= 15 is 0 Å². The number of para-hydroxylation sites is 1. The molecule has 1 fully saturated rings. The van der Waals surface area contributed by atoms with Crippen molar-refractivity contribution in [1.82, 2.24) is 5.43 Å². The highest BCUT2D eigenvalue weighted by molar-refractivity contribution is 8.11. The average molecular weight is 212 g/mol. The summed E-state index contributed by atoms with van der Waals surface area (Å²) in [5.41, 5.74) is 4.47. The fourth-order valence-corrected chi connectivity index (χ4v) is 2.88. The number of benzene rings is 1. The fourth-order valence-electron chi connectivity index (χ4n) is 1.37. The van der Waals surface area contributed by atoms with Crippen molar-refractivity contribution in [3.63, 3.8) is 0 Å². The van der Waals surface area contributed by atoms with Crippen molar-refractivity contribution < 1.29 is 0 Å². The van der Waals surface area contributed by atoms with E-state index in [-0.39, 0.29) is 4.71 Å². The van der Waals surface area contributed by atoms with E-state index in [1.807, 2.05) is 18.2 Å². The molecule has 0 saturated carbocycles. The molecule has 0 bridgehead atoms. The molecule has 1 aliphatic heterocycles. The number of hydrogen-bond donors (Lipinski definition) is 2. The Hall–Kier alpha value is -0.320. The number of hydrogen-bond acceptors (Lipinski definition) is 4. The molecule has 2 unspecified atom stereocenters. The van der Waals surface area contributed by atoms with Crippen LogP contribution in [0.4, 0.5) is 5.69 Å². The van der Waals surface area contributed by atoms with Crippen LogP contribution in [0.15, 0.2) is 30.3 Å². The van der Waals surface area contributed by atoms with Crippen LogP contribution in [0, 0.1) is 0 Å². The summed E-state index contributed by atoms with van der Waals surface area (Å²) in [5.74, 6) is 0. The maximum absolute atomic E-state index is 4.37. The van der Waals surface area contributed by atoms with Gasteiger partial charge in [0.2, 0.25) is 0 Å². The topological polar surface area (TPSA) is 15.3 Å². The third-order valence-corrected chi connectivity index (χ3v) is 3.42. The van der Waals surface area contributed by atoms with Crippen LogP contribution >= 0.6 is 24.4 Å². The number of nitrogens with zero attached hydrogens (tertiary/aromatic N) is 1. The lowest BCUT2D eigenvalue weighted by atomic mass is 10.3. The quantitative estimate of drug-likeness (QED) is 0.695. The van der Waals surface area contributed by atoms with Gasteiger partial charge in [0.1, 0.15) is 4.71 Å². The number of anilines is 1. The van der Waals surface area contributed by atoms with Gasteiger partial charge in [-0.25, -0.2) is 5.43 Å². The van der Waals surface area contributed by atoms with E-state index in [0.29, 0.717) is 5.37 Å². The van der Waals surface area contributed by atoms with Gasteiger partial charge in [-0.1, -0.05) is 18.2 Å². The third kappa shape index (κ3) is 1.95. The van der Waals surface area contributed by atoms with Crippen LogP contribution in [0.25, 0.3) is 0 Å². The first kappa shape index (κ1) is 9.24. The van der Waals surface area contributed by atoms with E-state index in [9.17, 15) is 0 Å². The zero-order valence-electron chi connectivity index (χ0n) is 7.34. The minimum Gasteiger partial charge on any atom is -0.294 e. The van der Waals surface area contributed by atoms with Gasteiger partial charge in [-0.2, -0.15) is 0 Å². The molecular weight excluding hydrogens is 200 g/mol. The van der Waals surface area contributed by atoms with Crippen molar-refractivity contribution in [2.75, 3.05) is 5.01 Å². The molecule has 0 radical (unpaired) electrons. The lowest BCUT2D eigenvalue weighted by molar-refractivity contribution is 0.707. The molecule has 2 nitrogen and oxygen atoms in total. The monoisotopic (exact) mass is 212 g/mol. The molecule has 0 aromatic heterocycles. The summed E-state index contributed by atoms with van der Waals surface area (Å²) in [6.07, 6.45) is 0. The van der Waals surface area contributed by atoms with Gasteiger partial charge in [-0.3, -0.25) is 5.01 Å². The molecule has 2 atom stereocenters. The van der Waals surface area contributed by atoms with Crippen LogP contribution in [0.2, 0.25) is 0 Å². The number of thioether (sulfide) groups is 1. The van der Waals surface area contributed by atoms with Crippen LogP contribution in [-0.4, -0.2) is 10.1 Å². The lowest BCUT2D eigenvalue weighted by Crippen LogP contribution is -2.37. The predicted molar refractivity (Wildman–Crippen MR) is 61.9 cm³/mol. The van der Waals surface area contributed by atoms with Gasteiger partial charge < -0.3 is 0 Å². The first-order valence-corrected chi connectivity index (χ1v) is 5.67. The van der Waals surface area contributed by atoms with Gasteiger partial charge in [0.25, 0.3) is 0 Å². The van der Waals surface area contributed by atoms with Gasteiger partial charge in [-0.15, -0.1) is 24.4 Å². The Labute approximate surface area is 88.1 Å². The number of thiol groups is 1. The SMILES string of the molecule is CC1SC(S)NN1c1ccccc1. The molecule has 1 N–H and O–H groups in total. The van der Waals surface area contributed by atoms with Gasteiger partial charge in [-0.05, 0) is 19.1 Å². The Balaban J connectivity index is 2.18. The van der Waals surface area contributed by atoms with Crippen molar-refractivity contribution in [3.8, 4) is 0 Å². The predicted octanol–water partition coefficient (Wildman–Crippen LogP) is 2.30. The van der Waals surface area contributed by atoms with Crippen molar-refractivity contribution in [2.45, 2.75) is 17.0 Å². The Morgan fingerprint density at radius 3 is 2.62 bits per heavy atom. The number of nitrogens with one attached hydrogen (secondary N) is 1. The summed E-state index contributed by atoms with van der Waals surface area (Å²) < 4.78 is 0.204. The van der Waals surface area contributed by atoms with E-state index < -0.39 is 0 Å². The van der Waals surface area contributed by atoms with Gasteiger partial charge >= 0.3 is 0 Å². The van der Waals surface area contributed by atoms with Crippen LogP contribution < -0.4 is 10.4 Å². The van der Waals surface area contributed by atoms with Gasteiger partial charge in [0.15, 0.2) is 0 Å². The number of rotatable bonds is 1. The largest absolute Gasteiger partial charge is 0.294 e. The molecule has 1 heterocycles. The van der Waals surface area contributed by atoms with Crippen LogP contribution in [0.1, 0.15) is 6.92 Å². The van der Waals surface area contributed by atoms with Crippen molar-refractivity contribution >= 4 is 30.1 Å². The summed E-state index contributed by atoms with van der Waals surface area (Å²) in [7, 11) is 0. The second kappa shape index (κ2) is 3.82. The second-order valence-electron chi connectivity index (χ2n) is 2.92. The highest BCUT2D eigenvalue weighted by Gasteiger charge is 2.26. The van der Waals surface area contributed by atoms with Crippen LogP contribution in [-0.2, 0) is 0 Å². The summed E-state index contributed by atoms with van der Waals surface area (Å²) in [6.45, 7) is 2.17. The standard InChI is InChI=1S/C9H12N2S2/c1-7-11(10-9(12)13-7)8-5-3-2-4-6-8/h2-7,9-10,12H,1H3.